The van der Waals surface area contributed by atoms with Crippen LogP contribution in [0.5, 0.6) is 0 Å². The number of nitrogens with zero attached hydrogens (tertiary/aromatic N) is 1. The van der Waals surface area contributed by atoms with Crippen LogP contribution >= 0.6 is 15.9 Å². The van der Waals surface area contributed by atoms with E-state index in [1.165, 1.54) is 38.8 Å². The van der Waals surface area contributed by atoms with Crippen molar-refractivity contribution in [2.75, 3.05) is 25.0 Å². The predicted molar refractivity (Wildman–Crippen MR) is 91.5 cm³/mol. The highest BCUT2D eigenvalue weighted by Gasteiger charge is 2.09. The van der Waals surface area contributed by atoms with Gasteiger partial charge in [0.2, 0.25) is 5.91 Å². The van der Waals surface area contributed by atoms with E-state index in [-0.39, 0.29) is 5.91 Å². The third-order valence-electron chi connectivity index (χ3n) is 3.95. The van der Waals surface area contributed by atoms with Crippen LogP contribution in [0.4, 0.5) is 5.69 Å². The smallest absolute Gasteiger partial charge is 0.224 e. The molecule has 0 spiro atoms. The van der Waals surface area contributed by atoms with Crippen LogP contribution in [0, 0.1) is 0 Å². The fraction of sp³-hybridized carbons (Fsp3) is 0.588. The number of carbonyl (C=O) groups is 1. The van der Waals surface area contributed by atoms with Crippen LogP contribution in [-0.2, 0) is 4.79 Å². The molecule has 0 unspecified atom stereocenters. The van der Waals surface area contributed by atoms with Crippen LogP contribution in [0.3, 0.4) is 0 Å². The van der Waals surface area contributed by atoms with Crippen molar-refractivity contribution < 1.29 is 4.79 Å². The van der Waals surface area contributed by atoms with Crippen molar-refractivity contribution in [1.82, 2.24) is 4.90 Å². The van der Waals surface area contributed by atoms with Gasteiger partial charge in [0.15, 0.2) is 0 Å². The minimum Gasteiger partial charge on any atom is -0.326 e. The van der Waals surface area contributed by atoms with Gasteiger partial charge >= 0.3 is 0 Å². The van der Waals surface area contributed by atoms with Gasteiger partial charge in [-0.25, -0.2) is 0 Å². The Labute approximate surface area is 136 Å². The molecular weight excluding hydrogens is 328 g/mol. The van der Waals surface area contributed by atoms with E-state index in [1.54, 1.807) is 0 Å². The standard InChI is InChI=1S/C17H25BrN2O/c18-15-8-10-16(11-9-15)19-17(21)7-3-6-14-20-12-4-1-2-5-13-20/h8-11H,1-7,12-14H2,(H,19,21). The summed E-state index contributed by atoms with van der Waals surface area (Å²) < 4.78 is 1.03. The molecule has 1 fully saturated rings. The summed E-state index contributed by atoms with van der Waals surface area (Å²) in [5.74, 6) is 0.119. The lowest BCUT2D eigenvalue weighted by molar-refractivity contribution is -0.116. The molecule has 116 valence electrons. The van der Waals surface area contributed by atoms with Gasteiger partial charge < -0.3 is 10.2 Å². The molecule has 0 radical (unpaired) electrons. The molecule has 1 amide bonds. The molecule has 1 aromatic rings. The second-order valence-corrected chi connectivity index (χ2v) is 6.68. The number of carbonyl (C=O) groups excluding carboxylic acids is 1. The number of anilines is 1. The molecular formula is C17H25BrN2O. The summed E-state index contributed by atoms with van der Waals surface area (Å²) in [7, 11) is 0. The number of unbranched alkanes of at least 4 members (excludes halogenated alkanes) is 1. The summed E-state index contributed by atoms with van der Waals surface area (Å²) in [6, 6.07) is 7.71. The molecule has 1 saturated heterocycles. The molecule has 2 rings (SSSR count). The highest BCUT2D eigenvalue weighted by atomic mass is 79.9. The van der Waals surface area contributed by atoms with Crippen LogP contribution < -0.4 is 5.32 Å². The van der Waals surface area contributed by atoms with Crippen molar-refractivity contribution in [3.05, 3.63) is 28.7 Å². The molecule has 0 aliphatic carbocycles. The summed E-state index contributed by atoms with van der Waals surface area (Å²) in [5.41, 5.74) is 0.871. The summed E-state index contributed by atoms with van der Waals surface area (Å²) in [6.07, 6.45) is 8.14. The van der Waals surface area contributed by atoms with E-state index in [1.807, 2.05) is 24.3 Å². The number of hydrogen-bond donors (Lipinski definition) is 1. The Kier molecular flexibility index (Phi) is 7.24. The van der Waals surface area contributed by atoms with Gasteiger partial charge in [0.05, 0.1) is 0 Å². The van der Waals surface area contributed by atoms with Crippen LogP contribution in [0.2, 0.25) is 0 Å². The first kappa shape index (κ1) is 16.5. The van der Waals surface area contributed by atoms with E-state index in [9.17, 15) is 4.79 Å². The van der Waals surface area contributed by atoms with Crippen LogP contribution in [0.15, 0.2) is 28.7 Å². The van der Waals surface area contributed by atoms with Crippen LogP contribution in [0.25, 0.3) is 0 Å². The lowest BCUT2D eigenvalue weighted by Gasteiger charge is -2.19. The number of benzene rings is 1. The molecule has 1 N–H and O–H groups in total. The third kappa shape index (κ3) is 6.62. The fourth-order valence-corrected chi connectivity index (χ4v) is 3.00. The molecule has 1 aromatic carbocycles. The lowest BCUT2D eigenvalue weighted by atomic mass is 10.2. The Morgan fingerprint density at radius 2 is 1.71 bits per heavy atom. The topological polar surface area (TPSA) is 32.3 Å². The van der Waals surface area contributed by atoms with Gasteiger partial charge in [0.25, 0.3) is 0 Å². The highest BCUT2D eigenvalue weighted by molar-refractivity contribution is 9.10. The Morgan fingerprint density at radius 1 is 1.05 bits per heavy atom. The zero-order chi connectivity index (χ0) is 14.9. The number of halogens is 1. The quantitative estimate of drug-likeness (QED) is 0.767. The summed E-state index contributed by atoms with van der Waals surface area (Å²) in [6.45, 7) is 3.63. The lowest BCUT2D eigenvalue weighted by Crippen LogP contribution is -2.25. The average molecular weight is 353 g/mol. The molecule has 0 saturated carbocycles. The van der Waals surface area contributed by atoms with Crippen molar-refractivity contribution >= 4 is 27.5 Å². The monoisotopic (exact) mass is 352 g/mol. The fourth-order valence-electron chi connectivity index (χ4n) is 2.74. The Balaban J connectivity index is 1.59. The van der Waals surface area contributed by atoms with Gasteiger partial charge in [-0.3, -0.25) is 4.79 Å². The number of nitrogens with one attached hydrogen (secondary N) is 1. The molecule has 1 aliphatic heterocycles. The van der Waals surface area contributed by atoms with E-state index in [4.69, 9.17) is 0 Å². The first-order chi connectivity index (χ1) is 10.2. The first-order valence-electron chi connectivity index (χ1n) is 8.02. The average Bonchev–Trinajstić information content (AvgIpc) is 2.75. The van der Waals surface area contributed by atoms with Gasteiger partial charge in [0.1, 0.15) is 0 Å². The molecule has 21 heavy (non-hydrogen) atoms. The first-order valence-corrected chi connectivity index (χ1v) is 8.81. The summed E-state index contributed by atoms with van der Waals surface area (Å²) in [5, 5.41) is 2.94. The molecule has 0 bridgehead atoms. The maximum atomic E-state index is 11.9. The van der Waals surface area contributed by atoms with Gasteiger partial charge in [-0.2, -0.15) is 0 Å². The Hall–Kier alpha value is -0.870. The number of hydrogen-bond acceptors (Lipinski definition) is 2. The van der Waals surface area contributed by atoms with E-state index < -0.39 is 0 Å². The molecule has 0 aromatic heterocycles. The summed E-state index contributed by atoms with van der Waals surface area (Å²) in [4.78, 5) is 14.4. The van der Waals surface area contributed by atoms with E-state index in [0.29, 0.717) is 6.42 Å². The van der Waals surface area contributed by atoms with Crippen molar-refractivity contribution in [2.45, 2.75) is 44.9 Å². The summed E-state index contributed by atoms with van der Waals surface area (Å²) >= 11 is 3.39. The van der Waals surface area contributed by atoms with Gasteiger partial charge in [-0.1, -0.05) is 28.8 Å². The Morgan fingerprint density at radius 3 is 2.38 bits per heavy atom. The normalized spacial score (nSPS) is 16.4. The minimum atomic E-state index is 0.119. The Bertz CT molecular complexity index is 425. The molecule has 1 heterocycles. The van der Waals surface area contributed by atoms with Crippen molar-refractivity contribution in [3.63, 3.8) is 0 Å². The largest absolute Gasteiger partial charge is 0.326 e. The van der Waals surface area contributed by atoms with Gasteiger partial charge in [0, 0.05) is 16.6 Å². The molecule has 1 aliphatic rings. The maximum absolute atomic E-state index is 11.9. The SMILES string of the molecule is O=C(CCCCN1CCCCCC1)Nc1ccc(Br)cc1. The van der Waals surface area contributed by atoms with Crippen molar-refractivity contribution in [2.24, 2.45) is 0 Å². The maximum Gasteiger partial charge on any atom is 0.224 e. The number of likely N-dealkylation sites (tertiary alicyclic amines) is 1. The highest BCUT2D eigenvalue weighted by Crippen LogP contribution is 2.15. The zero-order valence-electron chi connectivity index (χ0n) is 12.6. The van der Waals surface area contributed by atoms with E-state index in [2.05, 4.69) is 26.1 Å². The van der Waals surface area contributed by atoms with Crippen LogP contribution in [0.1, 0.15) is 44.9 Å². The second kappa shape index (κ2) is 9.21. The van der Waals surface area contributed by atoms with Crippen LogP contribution in [-0.4, -0.2) is 30.4 Å². The number of rotatable bonds is 6. The predicted octanol–water partition coefficient (Wildman–Crippen LogP) is 4.43. The number of amides is 1. The van der Waals surface area contributed by atoms with Gasteiger partial charge in [-0.15, -0.1) is 0 Å². The molecule has 3 nitrogen and oxygen atoms in total. The van der Waals surface area contributed by atoms with Gasteiger partial charge in [-0.05, 0) is 69.6 Å². The van der Waals surface area contributed by atoms with E-state index >= 15 is 0 Å². The zero-order valence-corrected chi connectivity index (χ0v) is 14.2. The molecule has 4 heteroatoms. The minimum absolute atomic E-state index is 0.119. The third-order valence-corrected chi connectivity index (χ3v) is 4.48. The molecule has 0 atom stereocenters. The van der Waals surface area contributed by atoms with E-state index in [0.717, 1.165) is 29.5 Å². The van der Waals surface area contributed by atoms with Crippen molar-refractivity contribution in [1.29, 1.82) is 0 Å². The second-order valence-electron chi connectivity index (χ2n) is 5.77. The van der Waals surface area contributed by atoms with Crippen molar-refractivity contribution in [3.8, 4) is 0 Å².